The molecule has 2 heterocycles. The summed E-state index contributed by atoms with van der Waals surface area (Å²) in [5.41, 5.74) is 0.540. The number of rotatable bonds is 4. The number of imidazole rings is 1. The van der Waals surface area contributed by atoms with Crippen LogP contribution in [0, 0.1) is 17.3 Å². The van der Waals surface area contributed by atoms with E-state index in [4.69, 9.17) is 4.74 Å². The van der Waals surface area contributed by atoms with Gasteiger partial charge in [-0.1, -0.05) is 12.0 Å². The molecule has 0 aliphatic heterocycles. The van der Waals surface area contributed by atoms with Crippen molar-refractivity contribution in [2.75, 3.05) is 26.5 Å². The van der Waals surface area contributed by atoms with E-state index >= 15 is 0 Å². The van der Waals surface area contributed by atoms with Gasteiger partial charge in [0.25, 0.3) is 0 Å². The number of carbonyl (C=O) groups is 1. The second-order valence-corrected chi connectivity index (χ2v) is 8.16. The monoisotopic (exact) mass is 450 g/mol. The predicted molar refractivity (Wildman–Crippen MR) is 122 cm³/mol. The fourth-order valence-corrected chi connectivity index (χ4v) is 4.26. The van der Waals surface area contributed by atoms with Gasteiger partial charge in [0.1, 0.15) is 11.9 Å². The third kappa shape index (κ3) is 3.86. The van der Waals surface area contributed by atoms with Crippen LogP contribution < -0.4 is 15.4 Å². The molecule has 33 heavy (non-hydrogen) atoms. The van der Waals surface area contributed by atoms with Crippen molar-refractivity contribution in [2.24, 2.45) is 5.41 Å². The Morgan fingerprint density at radius 1 is 1.27 bits per heavy atom. The SMILES string of the molecule is CNC(=O)C1(C)C[C@@H](n2cnc3c(NC)nc(C#Cc4cccc(OC)c4)nc32)[C@H](O)[C@@H]1O. The number of aliphatic hydroxyl groups excluding tert-OH is 2. The first-order valence-electron chi connectivity index (χ1n) is 10.5. The van der Waals surface area contributed by atoms with Gasteiger partial charge >= 0.3 is 0 Å². The van der Waals surface area contributed by atoms with Crippen molar-refractivity contribution < 1.29 is 19.7 Å². The Bertz CT molecular complexity index is 1260. The fraction of sp³-hybridized carbons (Fsp3) is 0.391. The van der Waals surface area contributed by atoms with Gasteiger partial charge in [0.2, 0.25) is 11.7 Å². The van der Waals surface area contributed by atoms with Crippen LogP contribution in [0.25, 0.3) is 11.2 Å². The number of nitrogens with zero attached hydrogens (tertiary/aromatic N) is 4. The van der Waals surface area contributed by atoms with Gasteiger partial charge in [-0.25, -0.2) is 15.0 Å². The molecule has 1 aromatic carbocycles. The summed E-state index contributed by atoms with van der Waals surface area (Å²) in [4.78, 5) is 25.8. The largest absolute Gasteiger partial charge is 0.497 e. The number of amides is 1. The molecule has 10 nitrogen and oxygen atoms in total. The molecule has 10 heteroatoms. The summed E-state index contributed by atoms with van der Waals surface area (Å²) in [6.45, 7) is 1.64. The highest BCUT2D eigenvalue weighted by molar-refractivity contribution is 5.85. The molecule has 0 saturated heterocycles. The summed E-state index contributed by atoms with van der Waals surface area (Å²) in [6.07, 6.45) is -0.665. The molecular weight excluding hydrogens is 424 g/mol. The van der Waals surface area contributed by atoms with Gasteiger partial charge in [-0.15, -0.1) is 0 Å². The average Bonchev–Trinajstić information content (AvgIpc) is 3.36. The lowest BCUT2D eigenvalue weighted by Gasteiger charge is -2.26. The minimum absolute atomic E-state index is 0.212. The smallest absolute Gasteiger partial charge is 0.228 e. The summed E-state index contributed by atoms with van der Waals surface area (Å²) in [5.74, 6) is 7.10. The average molecular weight is 450 g/mol. The van der Waals surface area contributed by atoms with Crippen LogP contribution in [-0.4, -0.2) is 69.1 Å². The first kappa shape index (κ1) is 22.5. The van der Waals surface area contributed by atoms with Crippen molar-refractivity contribution in [1.29, 1.82) is 0 Å². The number of benzene rings is 1. The molecule has 1 aliphatic rings. The Labute approximate surface area is 191 Å². The van der Waals surface area contributed by atoms with E-state index in [1.54, 1.807) is 25.6 Å². The number of aliphatic hydroxyl groups is 2. The van der Waals surface area contributed by atoms with Gasteiger partial charge in [-0.05, 0) is 37.5 Å². The van der Waals surface area contributed by atoms with Crippen molar-refractivity contribution in [1.82, 2.24) is 24.8 Å². The number of anilines is 1. The number of aromatic nitrogens is 4. The minimum Gasteiger partial charge on any atom is -0.497 e. The summed E-state index contributed by atoms with van der Waals surface area (Å²) in [6, 6.07) is 6.74. The lowest BCUT2D eigenvalue weighted by molar-refractivity contribution is -0.136. The van der Waals surface area contributed by atoms with E-state index in [1.807, 2.05) is 24.3 Å². The molecule has 4 N–H and O–H groups in total. The van der Waals surface area contributed by atoms with Crippen LogP contribution >= 0.6 is 0 Å². The van der Waals surface area contributed by atoms with Crippen LogP contribution in [0.4, 0.5) is 5.82 Å². The fourth-order valence-electron chi connectivity index (χ4n) is 4.26. The van der Waals surface area contributed by atoms with Crippen LogP contribution in [0.1, 0.15) is 30.8 Å². The van der Waals surface area contributed by atoms with Crippen LogP contribution in [0.3, 0.4) is 0 Å². The van der Waals surface area contributed by atoms with Gasteiger partial charge < -0.3 is 30.2 Å². The van der Waals surface area contributed by atoms with Gasteiger partial charge in [0.05, 0.1) is 31.0 Å². The number of methoxy groups -OCH3 is 1. The number of ether oxygens (including phenoxy) is 1. The molecule has 0 radical (unpaired) electrons. The van der Waals surface area contributed by atoms with E-state index in [1.165, 1.54) is 13.4 Å². The normalized spacial score (nSPS) is 24.2. The Kier molecular flexibility index (Phi) is 5.93. The van der Waals surface area contributed by atoms with Crippen molar-refractivity contribution >= 4 is 22.9 Å². The number of nitrogens with one attached hydrogen (secondary N) is 2. The molecule has 4 rings (SSSR count). The Balaban J connectivity index is 1.76. The van der Waals surface area contributed by atoms with Crippen LogP contribution in [0.5, 0.6) is 5.75 Å². The standard InChI is InChI=1S/C23H26N6O4/c1-23(22(32)25-3)11-15(18(30)19(23)31)29-12-26-17-20(24-2)27-16(28-21(17)29)9-8-13-6-5-7-14(10-13)33-4/h5-7,10,12,15,18-19,30-31H,11H2,1-4H3,(H,25,32)(H,24,27,28)/t15-,18+,19+,23?/m1/s1. The lowest BCUT2D eigenvalue weighted by Crippen LogP contribution is -2.45. The maximum absolute atomic E-state index is 12.4. The third-order valence-electron chi connectivity index (χ3n) is 6.15. The second-order valence-electron chi connectivity index (χ2n) is 8.16. The Morgan fingerprint density at radius 3 is 2.76 bits per heavy atom. The van der Waals surface area contributed by atoms with Gasteiger partial charge in [0, 0.05) is 19.7 Å². The molecule has 4 atom stereocenters. The van der Waals surface area contributed by atoms with Crippen molar-refractivity contribution in [3.05, 3.63) is 42.0 Å². The Hall–Kier alpha value is -3.68. The molecule has 0 bridgehead atoms. The zero-order chi connectivity index (χ0) is 23.8. The molecule has 1 amide bonds. The number of hydrogen-bond donors (Lipinski definition) is 4. The predicted octanol–water partition coefficient (Wildman–Crippen LogP) is 0.695. The molecule has 172 valence electrons. The van der Waals surface area contributed by atoms with E-state index in [0.29, 0.717) is 22.7 Å². The number of fused-ring (bicyclic) bond motifs is 1. The summed E-state index contributed by atoms with van der Waals surface area (Å²) < 4.78 is 6.91. The molecule has 1 aliphatic carbocycles. The number of carbonyl (C=O) groups excluding carboxylic acids is 1. The first-order chi connectivity index (χ1) is 15.8. The van der Waals surface area contributed by atoms with E-state index < -0.39 is 23.7 Å². The van der Waals surface area contributed by atoms with E-state index in [-0.39, 0.29) is 18.2 Å². The minimum atomic E-state index is -1.24. The second kappa shape index (κ2) is 8.69. The molecule has 1 saturated carbocycles. The summed E-state index contributed by atoms with van der Waals surface area (Å²) in [5, 5.41) is 27.0. The quantitative estimate of drug-likeness (QED) is 0.427. The third-order valence-corrected chi connectivity index (χ3v) is 6.15. The topological polar surface area (TPSA) is 134 Å². The molecule has 0 spiro atoms. The zero-order valence-electron chi connectivity index (χ0n) is 18.8. The maximum Gasteiger partial charge on any atom is 0.228 e. The van der Waals surface area contributed by atoms with Gasteiger partial charge in [0.15, 0.2) is 17.0 Å². The van der Waals surface area contributed by atoms with Crippen LogP contribution in [0.2, 0.25) is 0 Å². The van der Waals surface area contributed by atoms with E-state index in [0.717, 1.165) is 5.56 Å². The molecule has 1 unspecified atom stereocenters. The summed E-state index contributed by atoms with van der Waals surface area (Å²) >= 11 is 0. The van der Waals surface area contributed by atoms with Gasteiger partial charge in [-0.2, -0.15) is 0 Å². The molecule has 1 fully saturated rings. The highest BCUT2D eigenvalue weighted by atomic mass is 16.5. The highest BCUT2D eigenvalue weighted by Gasteiger charge is 2.54. The molecular formula is C23H26N6O4. The van der Waals surface area contributed by atoms with E-state index in [9.17, 15) is 15.0 Å². The van der Waals surface area contributed by atoms with Crippen LogP contribution in [0.15, 0.2) is 30.6 Å². The maximum atomic E-state index is 12.4. The summed E-state index contributed by atoms with van der Waals surface area (Å²) in [7, 11) is 4.82. The first-order valence-corrected chi connectivity index (χ1v) is 10.5. The zero-order valence-corrected chi connectivity index (χ0v) is 18.8. The Morgan fingerprint density at radius 2 is 2.06 bits per heavy atom. The van der Waals surface area contributed by atoms with Crippen molar-refractivity contribution in [2.45, 2.75) is 31.6 Å². The molecule has 2 aromatic heterocycles. The molecule has 3 aromatic rings. The number of hydrogen-bond acceptors (Lipinski definition) is 8. The van der Waals surface area contributed by atoms with Crippen molar-refractivity contribution in [3.63, 3.8) is 0 Å². The lowest BCUT2D eigenvalue weighted by atomic mass is 9.85. The van der Waals surface area contributed by atoms with Crippen molar-refractivity contribution in [3.8, 4) is 17.6 Å². The van der Waals surface area contributed by atoms with Gasteiger partial charge in [-0.3, -0.25) is 4.79 Å². The van der Waals surface area contributed by atoms with Crippen LogP contribution in [-0.2, 0) is 4.79 Å². The highest BCUT2D eigenvalue weighted by Crippen LogP contribution is 2.45. The van der Waals surface area contributed by atoms with E-state index in [2.05, 4.69) is 37.4 Å².